The molecule has 154 valence electrons. The number of thiazole rings is 1. The van der Waals surface area contributed by atoms with E-state index in [1.54, 1.807) is 41.5 Å². The zero-order valence-electron chi connectivity index (χ0n) is 16.7. The molecule has 0 amide bonds. The molecule has 1 aromatic carbocycles. The Hall–Kier alpha value is -1.87. The van der Waals surface area contributed by atoms with E-state index in [2.05, 4.69) is 29.6 Å². The average Bonchev–Trinajstić information content (AvgIpc) is 3.36. The molecule has 0 radical (unpaired) electrons. The fourth-order valence-electron chi connectivity index (χ4n) is 2.64. The van der Waals surface area contributed by atoms with Gasteiger partial charge < -0.3 is 9.47 Å². The van der Waals surface area contributed by atoms with Crippen molar-refractivity contribution in [1.29, 1.82) is 0 Å². The first kappa shape index (κ1) is 21.8. The molecular weight excluding hydrogens is 424 g/mol. The van der Waals surface area contributed by atoms with Gasteiger partial charge in [-0.25, -0.2) is 4.98 Å². The third kappa shape index (κ3) is 6.57. The van der Waals surface area contributed by atoms with Gasteiger partial charge in [0.2, 0.25) is 0 Å². The van der Waals surface area contributed by atoms with Gasteiger partial charge in [-0.3, -0.25) is 9.69 Å². The van der Waals surface area contributed by atoms with Gasteiger partial charge in [-0.1, -0.05) is 12.1 Å². The fourth-order valence-corrected chi connectivity index (χ4v) is 5.62. The monoisotopic (exact) mass is 448 g/mol. The second-order valence-corrected chi connectivity index (χ2v) is 9.39. The number of ether oxygens (including phenoxy) is 2. The van der Waals surface area contributed by atoms with Gasteiger partial charge in [0.25, 0.3) is 0 Å². The van der Waals surface area contributed by atoms with Gasteiger partial charge in [0, 0.05) is 22.6 Å². The Morgan fingerprint density at radius 3 is 2.72 bits per heavy atom. The lowest BCUT2D eigenvalue weighted by Gasteiger charge is -2.14. The first-order chi connectivity index (χ1) is 14.1. The van der Waals surface area contributed by atoms with Crippen molar-refractivity contribution in [3.05, 3.63) is 52.2 Å². The van der Waals surface area contributed by atoms with Gasteiger partial charge in [0.15, 0.2) is 0 Å². The molecule has 0 fully saturated rings. The number of aromatic nitrogens is 1. The number of hydrogen-bond donors (Lipinski definition) is 0. The van der Waals surface area contributed by atoms with E-state index in [0.29, 0.717) is 19.7 Å². The average molecular weight is 449 g/mol. The third-order valence-electron chi connectivity index (χ3n) is 4.03. The smallest absolute Gasteiger partial charge is 0.320 e. The molecule has 5 nitrogen and oxygen atoms in total. The molecule has 3 aromatic rings. The summed E-state index contributed by atoms with van der Waals surface area (Å²) in [6, 6.07) is 12.3. The summed E-state index contributed by atoms with van der Waals surface area (Å²) in [4.78, 5) is 20.7. The fraction of sp³-hybridized carbons (Fsp3) is 0.333. The van der Waals surface area contributed by atoms with Gasteiger partial charge in [0.05, 0.1) is 25.1 Å². The molecule has 3 rings (SSSR count). The minimum Gasteiger partial charge on any atom is -0.497 e. The second kappa shape index (κ2) is 10.8. The quantitative estimate of drug-likeness (QED) is 0.315. The Kier molecular flexibility index (Phi) is 8.11. The highest BCUT2D eigenvalue weighted by molar-refractivity contribution is 7.98. The van der Waals surface area contributed by atoms with E-state index in [-0.39, 0.29) is 5.97 Å². The van der Waals surface area contributed by atoms with Crippen molar-refractivity contribution >= 4 is 40.4 Å². The SMILES string of the molecule is CCOC(=O)CN(C)Cc1ccc(-c2nc(SCc3ccc(OC)cc3)cs2)s1. The van der Waals surface area contributed by atoms with Crippen molar-refractivity contribution in [2.45, 2.75) is 24.2 Å². The summed E-state index contributed by atoms with van der Waals surface area (Å²) in [5.41, 5.74) is 1.24. The third-order valence-corrected chi connectivity index (χ3v) is 7.24. The largest absolute Gasteiger partial charge is 0.497 e. The van der Waals surface area contributed by atoms with Crippen molar-refractivity contribution in [3.8, 4) is 15.6 Å². The van der Waals surface area contributed by atoms with Crippen LogP contribution in [0.2, 0.25) is 0 Å². The number of benzene rings is 1. The number of carbonyl (C=O) groups excluding carboxylic acids is 1. The van der Waals surface area contributed by atoms with Crippen LogP contribution in [0.4, 0.5) is 0 Å². The predicted molar refractivity (Wildman–Crippen MR) is 121 cm³/mol. The number of hydrogen-bond acceptors (Lipinski definition) is 8. The van der Waals surface area contributed by atoms with Crippen molar-refractivity contribution in [3.63, 3.8) is 0 Å². The molecule has 0 atom stereocenters. The van der Waals surface area contributed by atoms with Crippen molar-refractivity contribution in [1.82, 2.24) is 9.88 Å². The maximum atomic E-state index is 11.6. The van der Waals surface area contributed by atoms with Crippen molar-refractivity contribution in [2.75, 3.05) is 27.3 Å². The van der Waals surface area contributed by atoms with E-state index < -0.39 is 0 Å². The van der Waals surface area contributed by atoms with Crippen LogP contribution in [0.15, 0.2) is 46.8 Å². The minimum absolute atomic E-state index is 0.190. The molecule has 0 aliphatic rings. The number of likely N-dealkylation sites (N-methyl/N-ethyl adjacent to an activating group) is 1. The lowest BCUT2D eigenvalue weighted by molar-refractivity contribution is -0.144. The molecule has 8 heteroatoms. The van der Waals surface area contributed by atoms with E-state index in [1.807, 2.05) is 31.0 Å². The van der Waals surface area contributed by atoms with Gasteiger partial charge in [-0.05, 0) is 43.8 Å². The van der Waals surface area contributed by atoms with Crippen molar-refractivity contribution in [2.24, 2.45) is 0 Å². The summed E-state index contributed by atoms with van der Waals surface area (Å²) in [5, 5.41) is 4.18. The van der Waals surface area contributed by atoms with Crippen LogP contribution in [0, 0.1) is 0 Å². The molecule has 2 heterocycles. The van der Waals surface area contributed by atoms with E-state index in [9.17, 15) is 4.79 Å². The normalized spacial score (nSPS) is 11.0. The molecule has 29 heavy (non-hydrogen) atoms. The van der Waals surface area contributed by atoms with Crippen LogP contribution in [0.25, 0.3) is 9.88 Å². The minimum atomic E-state index is -0.190. The number of thiophene rings is 1. The Balaban J connectivity index is 1.54. The molecule has 0 bridgehead atoms. The first-order valence-electron chi connectivity index (χ1n) is 9.22. The standard InChI is InChI=1S/C21H24N2O3S3/c1-4-26-20(24)12-23(2)11-17-9-10-18(29-17)21-22-19(14-28-21)27-13-15-5-7-16(25-3)8-6-15/h5-10,14H,4,11-13H2,1-3H3. The topological polar surface area (TPSA) is 51.7 Å². The molecule has 0 aliphatic carbocycles. The number of nitrogens with zero attached hydrogens (tertiary/aromatic N) is 2. The zero-order valence-corrected chi connectivity index (χ0v) is 19.2. The van der Waals surface area contributed by atoms with Crippen LogP contribution < -0.4 is 4.74 Å². The molecular formula is C21H24N2O3S3. The lowest BCUT2D eigenvalue weighted by atomic mass is 10.2. The van der Waals surface area contributed by atoms with Crippen LogP contribution in [0.5, 0.6) is 5.75 Å². The number of thioether (sulfide) groups is 1. The van der Waals surface area contributed by atoms with Gasteiger partial charge in [0.1, 0.15) is 15.8 Å². The summed E-state index contributed by atoms with van der Waals surface area (Å²) in [6.45, 7) is 3.25. The first-order valence-corrected chi connectivity index (χ1v) is 11.9. The summed E-state index contributed by atoms with van der Waals surface area (Å²) >= 11 is 5.12. The summed E-state index contributed by atoms with van der Waals surface area (Å²) < 4.78 is 10.2. The maximum absolute atomic E-state index is 11.6. The lowest BCUT2D eigenvalue weighted by Crippen LogP contribution is -2.26. The van der Waals surface area contributed by atoms with Crippen LogP contribution >= 0.6 is 34.4 Å². The van der Waals surface area contributed by atoms with Crippen LogP contribution in [-0.4, -0.2) is 43.2 Å². The van der Waals surface area contributed by atoms with Crippen LogP contribution in [0.3, 0.4) is 0 Å². The zero-order chi connectivity index (χ0) is 20.6. The van der Waals surface area contributed by atoms with E-state index in [0.717, 1.165) is 26.4 Å². The summed E-state index contributed by atoms with van der Waals surface area (Å²) in [6.07, 6.45) is 0. The Bertz CT molecular complexity index is 921. The molecule has 0 spiro atoms. The Labute approximate surface area is 183 Å². The number of methoxy groups -OCH3 is 1. The van der Waals surface area contributed by atoms with Gasteiger partial charge >= 0.3 is 5.97 Å². The molecule has 0 unspecified atom stereocenters. The molecule has 0 N–H and O–H groups in total. The number of carbonyl (C=O) groups is 1. The summed E-state index contributed by atoms with van der Waals surface area (Å²) in [7, 11) is 3.60. The van der Waals surface area contributed by atoms with E-state index in [4.69, 9.17) is 14.5 Å². The highest BCUT2D eigenvalue weighted by atomic mass is 32.2. The molecule has 0 saturated carbocycles. The van der Waals surface area contributed by atoms with Gasteiger partial charge in [-0.2, -0.15) is 0 Å². The second-order valence-electron chi connectivity index (χ2n) is 6.37. The predicted octanol–water partition coefficient (Wildman–Crippen LogP) is 5.17. The molecule has 2 aromatic heterocycles. The highest BCUT2D eigenvalue weighted by Crippen LogP contribution is 2.34. The van der Waals surface area contributed by atoms with E-state index in [1.165, 1.54) is 10.4 Å². The Morgan fingerprint density at radius 1 is 1.21 bits per heavy atom. The summed E-state index contributed by atoms with van der Waals surface area (Å²) in [5.74, 6) is 1.56. The number of esters is 1. The molecule has 0 saturated heterocycles. The van der Waals surface area contributed by atoms with Crippen molar-refractivity contribution < 1.29 is 14.3 Å². The van der Waals surface area contributed by atoms with E-state index >= 15 is 0 Å². The van der Waals surface area contributed by atoms with Gasteiger partial charge in [-0.15, -0.1) is 34.4 Å². The highest BCUT2D eigenvalue weighted by Gasteiger charge is 2.12. The van der Waals surface area contributed by atoms with Crippen LogP contribution in [0.1, 0.15) is 17.4 Å². The van der Waals surface area contributed by atoms with Crippen LogP contribution in [-0.2, 0) is 21.8 Å². The Morgan fingerprint density at radius 2 is 2.00 bits per heavy atom. The maximum Gasteiger partial charge on any atom is 0.320 e. The molecule has 0 aliphatic heterocycles. The number of rotatable bonds is 10.